The molecule has 0 radical (unpaired) electrons. The van der Waals surface area contributed by atoms with Gasteiger partial charge in [-0.1, -0.05) is 41.9 Å². The molecule has 0 spiro atoms. The molecule has 4 amide bonds. The van der Waals surface area contributed by atoms with E-state index in [1.54, 1.807) is 30.3 Å². The average molecular weight is 408 g/mol. The molecule has 144 valence electrons. The van der Waals surface area contributed by atoms with E-state index >= 15 is 0 Å². The minimum absolute atomic E-state index is 0.155. The van der Waals surface area contributed by atoms with Crippen molar-refractivity contribution in [3.05, 3.63) is 70.9 Å². The summed E-state index contributed by atoms with van der Waals surface area (Å²) in [5.41, 5.74) is 0.872. The highest BCUT2D eigenvalue weighted by Gasteiger charge is 2.37. The highest BCUT2D eigenvalue weighted by Crippen LogP contribution is 2.29. The van der Waals surface area contributed by atoms with Crippen LogP contribution < -0.4 is 10.2 Å². The molecule has 1 aliphatic rings. The molecule has 0 saturated carbocycles. The minimum atomic E-state index is -0.891. The van der Waals surface area contributed by atoms with Crippen molar-refractivity contribution in [2.45, 2.75) is 6.92 Å². The topological polar surface area (TPSA) is 88.5 Å². The van der Waals surface area contributed by atoms with E-state index in [2.05, 4.69) is 5.32 Å². The molecular formula is C21H14ClN3O4. The van der Waals surface area contributed by atoms with Crippen LogP contribution in [0.1, 0.15) is 17.4 Å². The maximum Gasteiger partial charge on any atom is 0.335 e. The average Bonchev–Trinajstić information content (AvgIpc) is 3.04. The summed E-state index contributed by atoms with van der Waals surface area (Å²) in [4.78, 5) is 50.7. The number of halogens is 1. The van der Waals surface area contributed by atoms with E-state index in [0.717, 1.165) is 10.3 Å². The first kappa shape index (κ1) is 18.6. The van der Waals surface area contributed by atoms with Crippen LogP contribution >= 0.6 is 11.6 Å². The van der Waals surface area contributed by atoms with Gasteiger partial charge in [0, 0.05) is 12.3 Å². The predicted molar refractivity (Wildman–Crippen MR) is 109 cm³/mol. The van der Waals surface area contributed by atoms with Gasteiger partial charge in [-0.05, 0) is 30.3 Å². The Morgan fingerprint density at radius 3 is 2.45 bits per heavy atom. The van der Waals surface area contributed by atoms with Crippen molar-refractivity contribution in [2.24, 2.45) is 0 Å². The highest BCUT2D eigenvalue weighted by atomic mass is 35.5. The third-order valence-corrected chi connectivity index (χ3v) is 4.86. The molecular weight excluding hydrogens is 394 g/mol. The summed E-state index contributed by atoms with van der Waals surface area (Å²) in [6.45, 7) is 1.39. The molecule has 0 aliphatic carbocycles. The molecule has 29 heavy (non-hydrogen) atoms. The summed E-state index contributed by atoms with van der Waals surface area (Å²) in [7, 11) is 0. The van der Waals surface area contributed by atoms with Crippen LogP contribution in [0.25, 0.3) is 17.0 Å². The van der Waals surface area contributed by atoms with Crippen molar-refractivity contribution < 1.29 is 19.2 Å². The Labute approximate surface area is 170 Å². The van der Waals surface area contributed by atoms with Crippen molar-refractivity contribution in [3.8, 4) is 0 Å². The van der Waals surface area contributed by atoms with Gasteiger partial charge in [0.05, 0.1) is 21.9 Å². The fourth-order valence-corrected chi connectivity index (χ4v) is 3.51. The lowest BCUT2D eigenvalue weighted by Crippen LogP contribution is -2.54. The number of imide groups is 2. The number of nitrogens with zero attached hydrogens (tertiary/aromatic N) is 2. The molecule has 0 unspecified atom stereocenters. The summed E-state index contributed by atoms with van der Waals surface area (Å²) >= 11 is 6.13. The van der Waals surface area contributed by atoms with Crippen molar-refractivity contribution in [1.29, 1.82) is 0 Å². The van der Waals surface area contributed by atoms with E-state index in [4.69, 9.17) is 11.6 Å². The Bertz CT molecular complexity index is 1240. The van der Waals surface area contributed by atoms with Gasteiger partial charge in [0.25, 0.3) is 11.8 Å². The number of aromatic nitrogens is 1. The summed E-state index contributed by atoms with van der Waals surface area (Å²) in [6, 6.07) is 14.3. The quantitative estimate of drug-likeness (QED) is 0.519. The molecule has 2 heterocycles. The van der Waals surface area contributed by atoms with Crippen molar-refractivity contribution >= 4 is 58.0 Å². The fraction of sp³-hybridized carbons (Fsp3) is 0.0476. The monoisotopic (exact) mass is 407 g/mol. The van der Waals surface area contributed by atoms with Crippen LogP contribution in [0.5, 0.6) is 0 Å². The predicted octanol–water partition coefficient (Wildman–Crippen LogP) is 3.62. The van der Waals surface area contributed by atoms with Crippen molar-refractivity contribution in [1.82, 2.24) is 9.88 Å². The zero-order valence-electron chi connectivity index (χ0n) is 15.2. The molecule has 1 N–H and O–H groups in total. The molecule has 1 fully saturated rings. The molecule has 0 bridgehead atoms. The summed E-state index contributed by atoms with van der Waals surface area (Å²) in [5.74, 6) is -1.95. The zero-order chi connectivity index (χ0) is 20.7. The van der Waals surface area contributed by atoms with Gasteiger partial charge in [0.15, 0.2) is 0 Å². The van der Waals surface area contributed by atoms with Crippen LogP contribution in [0, 0.1) is 0 Å². The van der Waals surface area contributed by atoms with Crippen LogP contribution in [-0.2, 0) is 9.59 Å². The van der Waals surface area contributed by atoms with Gasteiger partial charge in [0.2, 0.25) is 5.91 Å². The fourth-order valence-electron chi connectivity index (χ4n) is 3.29. The normalized spacial score (nSPS) is 15.9. The molecule has 1 saturated heterocycles. The third-order valence-electron chi connectivity index (χ3n) is 4.54. The number of carbonyl (C=O) groups is 4. The van der Waals surface area contributed by atoms with Gasteiger partial charge < -0.3 is 0 Å². The largest absolute Gasteiger partial charge is 0.335 e. The second kappa shape index (κ2) is 7.03. The number of rotatable bonds is 2. The number of nitrogens with one attached hydrogen (secondary N) is 1. The zero-order valence-corrected chi connectivity index (χ0v) is 15.9. The Balaban J connectivity index is 1.86. The molecule has 8 heteroatoms. The van der Waals surface area contributed by atoms with Gasteiger partial charge in [-0.3, -0.25) is 24.3 Å². The summed E-state index contributed by atoms with van der Waals surface area (Å²) < 4.78 is 1.40. The van der Waals surface area contributed by atoms with Gasteiger partial charge in [-0.15, -0.1) is 0 Å². The number of anilines is 1. The van der Waals surface area contributed by atoms with Crippen molar-refractivity contribution in [2.75, 3.05) is 4.90 Å². The number of fused-ring (bicyclic) bond motifs is 1. The highest BCUT2D eigenvalue weighted by molar-refractivity contribution is 6.42. The van der Waals surface area contributed by atoms with Gasteiger partial charge in [0.1, 0.15) is 5.57 Å². The first-order chi connectivity index (χ1) is 13.9. The number of barbiturate groups is 1. The van der Waals surface area contributed by atoms with Crippen LogP contribution in [0.3, 0.4) is 0 Å². The third kappa shape index (κ3) is 3.11. The van der Waals surface area contributed by atoms with E-state index in [-0.39, 0.29) is 22.2 Å². The number of para-hydroxylation sites is 2. The molecule has 4 rings (SSSR count). The number of urea groups is 1. The second-order valence-corrected chi connectivity index (χ2v) is 6.80. The maximum atomic E-state index is 13.0. The van der Waals surface area contributed by atoms with E-state index in [1.165, 1.54) is 29.7 Å². The number of hydrogen-bond acceptors (Lipinski definition) is 4. The Morgan fingerprint density at radius 1 is 1.03 bits per heavy atom. The van der Waals surface area contributed by atoms with Gasteiger partial charge in [-0.25, -0.2) is 9.69 Å². The standard InChI is InChI=1S/C21H14ClN3O4/c1-12(26)24-14(10-13-6-2-4-8-17(13)24)11-15-19(27)23-21(29)25(20(15)28)18-9-5-3-7-16(18)22/h2-11H,1H3,(H,23,27,29). The molecule has 1 aromatic heterocycles. The van der Waals surface area contributed by atoms with Gasteiger partial charge in [-0.2, -0.15) is 0 Å². The molecule has 1 aliphatic heterocycles. The Hall–Kier alpha value is -3.71. The summed E-state index contributed by atoms with van der Waals surface area (Å²) in [5, 5.41) is 3.10. The number of carbonyl (C=O) groups excluding carboxylic acids is 4. The van der Waals surface area contributed by atoms with Crippen LogP contribution in [-0.4, -0.2) is 28.3 Å². The van der Waals surface area contributed by atoms with Crippen LogP contribution in [0.4, 0.5) is 10.5 Å². The molecule has 7 nitrogen and oxygen atoms in total. The number of amides is 4. The SMILES string of the molecule is CC(=O)n1c(C=C2C(=O)NC(=O)N(c3ccccc3Cl)C2=O)cc2ccccc21. The van der Waals surface area contributed by atoms with Crippen LogP contribution in [0.15, 0.2) is 60.2 Å². The Kier molecular flexibility index (Phi) is 4.52. The van der Waals surface area contributed by atoms with Crippen molar-refractivity contribution in [3.63, 3.8) is 0 Å². The molecule has 0 atom stereocenters. The van der Waals surface area contributed by atoms with Gasteiger partial charge >= 0.3 is 6.03 Å². The lowest BCUT2D eigenvalue weighted by molar-refractivity contribution is -0.122. The minimum Gasteiger partial charge on any atom is -0.281 e. The lowest BCUT2D eigenvalue weighted by atomic mass is 10.1. The smallest absolute Gasteiger partial charge is 0.281 e. The van der Waals surface area contributed by atoms with Crippen LogP contribution in [0.2, 0.25) is 5.02 Å². The first-order valence-corrected chi connectivity index (χ1v) is 9.03. The maximum absolute atomic E-state index is 13.0. The molecule has 3 aromatic rings. The van der Waals surface area contributed by atoms with E-state index < -0.39 is 17.8 Å². The molecule has 2 aromatic carbocycles. The van der Waals surface area contributed by atoms with E-state index in [0.29, 0.717) is 11.2 Å². The van der Waals surface area contributed by atoms with E-state index in [1.807, 2.05) is 12.1 Å². The Morgan fingerprint density at radius 2 is 1.72 bits per heavy atom. The lowest BCUT2D eigenvalue weighted by Gasteiger charge is -2.27. The second-order valence-electron chi connectivity index (χ2n) is 6.39. The number of hydrogen-bond donors (Lipinski definition) is 1. The van der Waals surface area contributed by atoms with E-state index in [9.17, 15) is 19.2 Å². The number of benzene rings is 2. The summed E-state index contributed by atoms with van der Waals surface area (Å²) in [6.07, 6.45) is 1.30. The first-order valence-electron chi connectivity index (χ1n) is 8.66.